The molecule has 10 nitrogen and oxygen atoms in total. The normalized spacial score (nSPS) is 9.31. The summed E-state index contributed by atoms with van der Waals surface area (Å²) in [5, 5.41) is 32.4. The molecule has 0 aliphatic heterocycles. The van der Waals surface area contributed by atoms with E-state index in [0.717, 1.165) is 17.8 Å². The van der Waals surface area contributed by atoms with Crippen molar-refractivity contribution in [1.29, 1.82) is 0 Å². The van der Waals surface area contributed by atoms with Crippen molar-refractivity contribution >= 4 is 47.2 Å². The second-order valence-corrected chi connectivity index (χ2v) is 4.61. The van der Waals surface area contributed by atoms with Crippen molar-refractivity contribution in [2.75, 3.05) is 13.1 Å². The van der Waals surface area contributed by atoms with Crippen LogP contribution in [0, 0.1) is 0 Å². The van der Waals surface area contributed by atoms with Crippen LogP contribution >= 0.6 is 24.4 Å². The Morgan fingerprint density at radius 1 is 0.962 bits per heavy atom. The molecule has 26 heavy (non-hydrogen) atoms. The number of hydrogen-bond acceptors (Lipinski definition) is 8. The first-order valence-corrected chi connectivity index (χ1v) is 7.63. The molecule has 0 saturated carbocycles. The van der Waals surface area contributed by atoms with Gasteiger partial charge in [-0.2, -0.15) is 10.3 Å². The maximum absolute atomic E-state index is 7.13. The van der Waals surface area contributed by atoms with E-state index in [4.69, 9.17) is 10.8 Å². The van der Waals surface area contributed by atoms with Crippen LogP contribution in [0.1, 0.15) is 17.8 Å². The van der Waals surface area contributed by atoms with E-state index in [-0.39, 0.29) is 17.1 Å². The van der Waals surface area contributed by atoms with Crippen molar-refractivity contribution in [1.82, 2.24) is 30.0 Å². The molecule has 0 radical (unpaired) electrons. The van der Waals surface area contributed by atoms with Gasteiger partial charge < -0.3 is 10.8 Å². The van der Waals surface area contributed by atoms with Crippen molar-refractivity contribution in [3.8, 4) is 0 Å². The molecule has 2 aromatic heterocycles. The van der Waals surface area contributed by atoms with Crippen LogP contribution in [0.25, 0.3) is 10.8 Å². The summed E-state index contributed by atoms with van der Waals surface area (Å²) >= 11 is 7.40. The maximum Gasteiger partial charge on any atom is 2.00 e. The number of thiocarbonyl (C=S) groups is 2. The van der Waals surface area contributed by atoms with Gasteiger partial charge in [-0.25, -0.2) is 0 Å². The summed E-state index contributed by atoms with van der Waals surface area (Å²) in [4.78, 5) is 8.51. The maximum atomic E-state index is 7.13. The van der Waals surface area contributed by atoms with Gasteiger partial charge in [0.15, 0.2) is 0 Å². The molecule has 0 aromatic carbocycles. The van der Waals surface area contributed by atoms with Crippen LogP contribution in [0.5, 0.6) is 0 Å². The van der Waals surface area contributed by atoms with Gasteiger partial charge in [0.25, 0.3) is 0 Å². The number of nitrogens with zero attached hydrogens (tertiary/aromatic N) is 10. The third-order valence-electron chi connectivity index (χ3n) is 2.26. The van der Waals surface area contributed by atoms with Crippen molar-refractivity contribution in [3.63, 3.8) is 0 Å². The monoisotopic (exact) mass is 432 g/mol. The smallest absolute Gasteiger partial charge is 0.753 e. The fourth-order valence-electron chi connectivity index (χ4n) is 1.42. The summed E-state index contributed by atoms with van der Waals surface area (Å²) in [5.41, 5.74) is 1.54. The summed E-state index contributed by atoms with van der Waals surface area (Å²) in [7, 11) is 3.65. The van der Waals surface area contributed by atoms with E-state index in [2.05, 4.69) is 55.0 Å². The Labute approximate surface area is 172 Å². The van der Waals surface area contributed by atoms with Crippen LogP contribution in [0.2, 0.25) is 0 Å². The number of hydrogen-bond donors (Lipinski definition) is 0. The van der Waals surface area contributed by atoms with Crippen LogP contribution in [0.15, 0.2) is 22.4 Å². The molecule has 0 bridgehead atoms. The molecule has 0 amide bonds. The Morgan fingerprint density at radius 3 is 1.58 bits per heavy atom. The summed E-state index contributed by atoms with van der Waals surface area (Å²) < 4.78 is 3.29. The van der Waals surface area contributed by atoms with Crippen LogP contribution in [0.3, 0.4) is 0 Å². The van der Waals surface area contributed by atoms with E-state index in [1.165, 1.54) is 10.3 Å². The quantitative estimate of drug-likeness (QED) is 0.292. The zero-order valence-corrected chi connectivity index (χ0v) is 16.8. The van der Waals surface area contributed by atoms with Crippen LogP contribution in [-0.2, 0) is 31.2 Å². The van der Waals surface area contributed by atoms with Crippen LogP contribution < -0.4 is 0 Å². The SMILES string of the molecule is Cn1cc(C=NCCCN=Cc2cn(C)nn2)nn1.[Fe+2].[N-]=C=S.[N-]=C=S. The van der Waals surface area contributed by atoms with E-state index in [9.17, 15) is 0 Å². The fourth-order valence-corrected chi connectivity index (χ4v) is 1.42. The van der Waals surface area contributed by atoms with Gasteiger partial charge >= 0.3 is 17.1 Å². The van der Waals surface area contributed by atoms with Gasteiger partial charge in [-0.05, 0) is 6.42 Å². The van der Waals surface area contributed by atoms with Gasteiger partial charge in [0.1, 0.15) is 11.4 Å². The molecule has 0 unspecified atom stereocenters. The minimum Gasteiger partial charge on any atom is -0.753 e. The van der Waals surface area contributed by atoms with Crippen LogP contribution in [-0.4, -0.2) is 65.8 Å². The van der Waals surface area contributed by atoms with Crippen molar-refractivity contribution < 1.29 is 17.1 Å². The molecule has 0 atom stereocenters. The molecule has 0 aliphatic carbocycles. The molecular formula is C13H16FeN10S2. The zero-order valence-electron chi connectivity index (χ0n) is 14.1. The van der Waals surface area contributed by atoms with Crippen LogP contribution in [0.4, 0.5) is 0 Å². The van der Waals surface area contributed by atoms with E-state index in [0.29, 0.717) is 13.1 Å². The second kappa shape index (κ2) is 17.6. The molecule has 2 aromatic rings. The Morgan fingerprint density at radius 2 is 1.31 bits per heavy atom. The summed E-state index contributed by atoms with van der Waals surface area (Å²) in [6.45, 7) is 1.43. The van der Waals surface area contributed by atoms with E-state index in [1.54, 1.807) is 21.8 Å². The van der Waals surface area contributed by atoms with Gasteiger partial charge in [-0.3, -0.25) is 19.3 Å². The molecule has 13 heteroatoms. The summed E-state index contributed by atoms with van der Waals surface area (Å²) in [5.74, 6) is 0. The van der Waals surface area contributed by atoms with Gasteiger partial charge in [0, 0.05) is 27.2 Å². The minimum atomic E-state index is 0. The van der Waals surface area contributed by atoms with E-state index < -0.39 is 0 Å². The van der Waals surface area contributed by atoms with Crippen molar-refractivity contribution in [2.24, 2.45) is 24.1 Å². The Balaban J connectivity index is 0. The van der Waals surface area contributed by atoms with E-state index in [1.807, 2.05) is 26.5 Å². The Kier molecular flexibility index (Phi) is 17.5. The summed E-state index contributed by atoms with van der Waals surface area (Å²) in [6.07, 6.45) is 7.96. The first-order valence-electron chi connectivity index (χ1n) is 6.82. The molecule has 138 valence electrons. The number of isothiocyanates is 2. The van der Waals surface area contributed by atoms with Crippen molar-refractivity contribution in [3.05, 3.63) is 34.6 Å². The average molecular weight is 432 g/mol. The standard InChI is InChI=1S/C11H16N8.2CNS.Fe/c1-18-8-10(14-16-18)6-12-4-3-5-13-7-11-9-19(2)17-15-11;2*2-1-3;/h6-9H,3-5H2,1-2H3;;;/q;2*-1;+2. The average Bonchev–Trinajstić information content (AvgIpc) is 3.16. The topological polar surface area (TPSA) is 131 Å². The molecular weight excluding hydrogens is 416 g/mol. The van der Waals surface area contributed by atoms with Gasteiger partial charge in [0.2, 0.25) is 0 Å². The van der Waals surface area contributed by atoms with Crippen molar-refractivity contribution in [2.45, 2.75) is 6.42 Å². The molecule has 0 spiro atoms. The Hall–Kier alpha value is -2.26. The van der Waals surface area contributed by atoms with Gasteiger partial charge in [-0.15, -0.1) is 10.2 Å². The Bertz CT molecular complexity index is 677. The molecule has 0 aliphatic rings. The molecule has 2 rings (SSSR count). The third kappa shape index (κ3) is 14.1. The number of rotatable bonds is 6. The number of aryl methyl sites for hydroxylation is 2. The number of aromatic nitrogens is 6. The molecule has 0 N–H and O–H groups in total. The molecule has 2 heterocycles. The van der Waals surface area contributed by atoms with E-state index >= 15 is 0 Å². The number of aliphatic imine (C=N–C) groups is 2. The van der Waals surface area contributed by atoms with Gasteiger partial charge in [0.05, 0.1) is 24.8 Å². The fraction of sp³-hybridized carbons (Fsp3) is 0.385. The predicted molar refractivity (Wildman–Crippen MR) is 103 cm³/mol. The first-order chi connectivity index (χ1) is 12.1. The molecule has 0 fully saturated rings. The second-order valence-electron chi connectivity index (χ2n) is 4.24. The van der Waals surface area contributed by atoms with Gasteiger partial charge in [-0.1, -0.05) is 34.9 Å². The third-order valence-corrected chi connectivity index (χ3v) is 2.26. The zero-order chi connectivity index (χ0) is 18.9. The largest absolute Gasteiger partial charge is 2.00 e. The first kappa shape index (κ1) is 26.0. The predicted octanol–water partition coefficient (Wildman–Crippen LogP) is 1.19. The minimum absolute atomic E-state index is 0. The summed E-state index contributed by atoms with van der Waals surface area (Å²) in [6, 6.07) is 0. The molecule has 0 saturated heterocycles.